The van der Waals surface area contributed by atoms with E-state index in [2.05, 4.69) is 24.1 Å². The van der Waals surface area contributed by atoms with Crippen molar-refractivity contribution in [3.05, 3.63) is 34.8 Å². The van der Waals surface area contributed by atoms with Gasteiger partial charge in [0.05, 0.1) is 18.2 Å². The molecule has 1 saturated heterocycles. The minimum absolute atomic E-state index is 0.0311. The Kier molecular flexibility index (Phi) is 5.78. The molecule has 2 heterocycles. The lowest BCUT2D eigenvalue weighted by Crippen LogP contribution is -2.49. The molecule has 0 aliphatic carbocycles. The molecule has 0 radical (unpaired) electrons. The van der Waals surface area contributed by atoms with Crippen LogP contribution in [0.25, 0.3) is 11.1 Å². The van der Waals surface area contributed by atoms with Crippen molar-refractivity contribution in [3.63, 3.8) is 0 Å². The predicted octanol–water partition coefficient (Wildman–Crippen LogP) is 1.63. The van der Waals surface area contributed by atoms with E-state index in [0.29, 0.717) is 30.2 Å². The fourth-order valence-corrected chi connectivity index (χ4v) is 3.42. The maximum atomic E-state index is 12.6. The van der Waals surface area contributed by atoms with Crippen molar-refractivity contribution in [1.29, 1.82) is 0 Å². The van der Waals surface area contributed by atoms with Crippen LogP contribution in [-0.4, -0.2) is 54.3 Å². The van der Waals surface area contributed by atoms with Crippen LogP contribution in [-0.2, 0) is 9.53 Å². The molecule has 1 aromatic carbocycles. The van der Waals surface area contributed by atoms with E-state index in [9.17, 15) is 9.59 Å². The summed E-state index contributed by atoms with van der Waals surface area (Å²) in [6.45, 7) is 9.96. The molecule has 142 valence electrons. The summed E-state index contributed by atoms with van der Waals surface area (Å²) < 4.78 is 12.4. The van der Waals surface area contributed by atoms with Crippen LogP contribution in [0.3, 0.4) is 0 Å². The molecule has 0 saturated carbocycles. The van der Waals surface area contributed by atoms with Crippen LogP contribution < -0.4 is 11.1 Å². The quantitative estimate of drug-likeness (QED) is 0.846. The highest BCUT2D eigenvalue weighted by atomic mass is 16.5. The Balaban J connectivity index is 1.61. The van der Waals surface area contributed by atoms with Gasteiger partial charge in [-0.05, 0) is 25.0 Å². The van der Waals surface area contributed by atoms with E-state index in [1.807, 2.05) is 6.07 Å². The van der Waals surface area contributed by atoms with E-state index in [4.69, 9.17) is 9.15 Å². The molecule has 0 spiro atoms. The largest absolute Gasteiger partial charge is 0.420 e. The van der Waals surface area contributed by atoms with Crippen LogP contribution >= 0.6 is 0 Å². The minimum Gasteiger partial charge on any atom is -0.408 e. The van der Waals surface area contributed by atoms with Crippen molar-refractivity contribution in [1.82, 2.24) is 14.8 Å². The zero-order valence-electron chi connectivity index (χ0n) is 15.6. The Morgan fingerprint density at radius 2 is 2.08 bits per heavy atom. The Labute approximate surface area is 152 Å². The van der Waals surface area contributed by atoms with Crippen molar-refractivity contribution < 1.29 is 13.9 Å². The first-order valence-electron chi connectivity index (χ1n) is 9.17. The van der Waals surface area contributed by atoms with Crippen molar-refractivity contribution in [2.24, 2.45) is 5.92 Å². The molecule has 0 bridgehead atoms. The average molecular weight is 361 g/mol. The van der Waals surface area contributed by atoms with Gasteiger partial charge in [0.15, 0.2) is 5.58 Å². The summed E-state index contributed by atoms with van der Waals surface area (Å²) in [5, 5.41) is 2.91. The summed E-state index contributed by atoms with van der Waals surface area (Å²) in [5.74, 6) is -0.140. The molecular weight excluding hydrogens is 334 g/mol. The van der Waals surface area contributed by atoms with Crippen LogP contribution in [0.15, 0.2) is 33.5 Å². The first kappa shape index (κ1) is 18.7. The molecule has 3 rings (SSSR count). The Hall–Kier alpha value is -2.12. The lowest BCUT2D eigenvalue weighted by molar-refractivity contribution is -0.125. The zero-order chi connectivity index (χ0) is 18.7. The van der Waals surface area contributed by atoms with Crippen LogP contribution in [0.1, 0.15) is 26.8 Å². The highest BCUT2D eigenvalue weighted by molar-refractivity contribution is 5.82. The second kappa shape index (κ2) is 8.05. The van der Waals surface area contributed by atoms with Crippen molar-refractivity contribution in [3.8, 4) is 0 Å². The monoisotopic (exact) mass is 361 g/mol. The maximum Gasteiger partial charge on any atom is 0.420 e. The van der Waals surface area contributed by atoms with Gasteiger partial charge in [-0.25, -0.2) is 4.79 Å². The molecule has 2 atom stereocenters. The number of amides is 1. The molecule has 1 aliphatic rings. The first-order chi connectivity index (χ1) is 12.5. The first-order valence-corrected chi connectivity index (χ1v) is 9.17. The standard InChI is InChI=1S/C19H27N3O4/c1-13(2)11-21-8-9-25-15(12-21)10-20-18(23)14(3)22-16-6-4-5-7-17(16)26-19(22)24/h4-7,13-15H,8-12H2,1-3H3,(H,20,23). The fourth-order valence-electron chi connectivity index (χ4n) is 3.42. The van der Waals surface area contributed by atoms with Gasteiger partial charge in [-0.3, -0.25) is 14.3 Å². The SMILES string of the molecule is CC(C)CN1CCOC(CNC(=O)C(C)n2c(=O)oc3ccccc32)C1. The molecule has 1 aromatic heterocycles. The van der Waals surface area contributed by atoms with E-state index in [1.165, 1.54) is 4.57 Å². The topological polar surface area (TPSA) is 76.7 Å². The number of hydrogen-bond acceptors (Lipinski definition) is 5. The highest BCUT2D eigenvalue weighted by Gasteiger charge is 2.24. The number of ether oxygens (including phenoxy) is 1. The highest BCUT2D eigenvalue weighted by Crippen LogP contribution is 2.16. The summed E-state index contributed by atoms with van der Waals surface area (Å²) in [6.07, 6.45) is -0.0311. The fraction of sp³-hybridized carbons (Fsp3) is 0.579. The van der Waals surface area contributed by atoms with Crippen molar-refractivity contribution in [2.75, 3.05) is 32.8 Å². The number of oxazole rings is 1. The summed E-state index contributed by atoms with van der Waals surface area (Å²) in [4.78, 5) is 27.0. The number of nitrogens with one attached hydrogen (secondary N) is 1. The molecule has 1 amide bonds. The van der Waals surface area contributed by atoms with E-state index in [-0.39, 0.29) is 12.0 Å². The number of aromatic nitrogens is 1. The minimum atomic E-state index is -0.651. The summed E-state index contributed by atoms with van der Waals surface area (Å²) in [7, 11) is 0. The van der Waals surface area contributed by atoms with Crippen LogP contribution in [0.4, 0.5) is 0 Å². The van der Waals surface area contributed by atoms with Gasteiger partial charge in [0.1, 0.15) is 6.04 Å². The number of nitrogens with zero attached hydrogens (tertiary/aromatic N) is 2. The number of rotatable bonds is 6. The lowest BCUT2D eigenvalue weighted by Gasteiger charge is -2.34. The number of carbonyl (C=O) groups is 1. The van der Waals surface area contributed by atoms with Gasteiger partial charge in [-0.15, -0.1) is 0 Å². The summed E-state index contributed by atoms with van der Waals surface area (Å²) in [5.41, 5.74) is 1.11. The predicted molar refractivity (Wildman–Crippen MR) is 99.2 cm³/mol. The number of morpholine rings is 1. The Morgan fingerprint density at radius 1 is 1.31 bits per heavy atom. The van der Waals surface area contributed by atoms with E-state index < -0.39 is 11.8 Å². The van der Waals surface area contributed by atoms with E-state index >= 15 is 0 Å². The molecule has 2 unspecified atom stereocenters. The van der Waals surface area contributed by atoms with Crippen molar-refractivity contribution in [2.45, 2.75) is 32.9 Å². The van der Waals surface area contributed by atoms with Gasteiger partial charge < -0.3 is 14.5 Å². The summed E-state index contributed by atoms with van der Waals surface area (Å²) in [6, 6.07) is 6.46. The van der Waals surface area contributed by atoms with Gasteiger partial charge >= 0.3 is 5.76 Å². The molecule has 1 aliphatic heterocycles. The zero-order valence-corrected chi connectivity index (χ0v) is 15.6. The number of carbonyl (C=O) groups excluding carboxylic acids is 1. The average Bonchev–Trinajstić information content (AvgIpc) is 2.94. The Bertz CT molecular complexity index is 810. The smallest absolute Gasteiger partial charge is 0.408 e. The van der Waals surface area contributed by atoms with Gasteiger partial charge in [-0.2, -0.15) is 0 Å². The number of benzene rings is 1. The van der Waals surface area contributed by atoms with Crippen molar-refractivity contribution >= 4 is 17.0 Å². The normalized spacial score (nSPS) is 19.8. The third kappa shape index (κ3) is 4.16. The van der Waals surface area contributed by atoms with Crippen LogP contribution in [0.2, 0.25) is 0 Å². The van der Waals surface area contributed by atoms with Gasteiger partial charge in [0.2, 0.25) is 5.91 Å². The second-order valence-corrected chi connectivity index (χ2v) is 7.27. The lowest BCUT2D eigenvalue weighted by atomic mass is 10.1. The summed E-state index contributed by atoms with van der Waals surface area (Å²) >= 11 is 0. The van der Waals surface area contributed by atoms with Crippen LogP contribution in [0.5, 0.6) is 0 Å². The molecule has 7 nitrogen and oxygen atoms in total. The molecule has 7 heteroatoms. The second-order valence-electron chi connectivity index (χ2n) is 7.27. The molecule has 2 aromatic rings. The van der Waals surface area contributed by atoms with E-state index in [1.54, 1.807) is 25.1 Å². The Morgan fingerprint density at radius 3 is 2.85 bits per heavy atom. The van der Waals surface area contributed by atoms with Gasteiger partial charge in [0, 0.05) is 26.2 Å². The molecule has 1 fully saturated rings. The number of fused-ring (bicyclic) bond motifs is 1. The molecule has 26 heavy (non-hydrogen) atoms. The third-order valence-corrected chi connectivity index (χ3v) is 4.64. The van der Waals surface area contributed by atoms with Gasteiger partial charge in [0.25, 0.3) is 0 Å². The van der Waals surface area contributed by atoms with Crippen LogP contribution in [0, 0.1) is 5.92 Å². The van der Waals surface area contributed by atoms with Gasteiger partial charge in [-0.1, -0.05) is 26.0 Å². The maximum absolute atomic E-state index is 12.6. The van der Waals surface area contributed by atoms with E-state index in [0.717, 1.165) is 19.6 Å². The molecule has 1 N–H and O–H groups in total. The number of para-hydroxylation sites is 2. The third-order valence-electron chi connectivity index (χ3n) is 4.64. The molecular formula is C19H27N3O4. The number of hydrogen-bond donors (Lipinski definition) is 1.